The van der Waals surface area contributed by atoms with E-state index in [4.69, 9.17) is 4.74 Å². The Bertz CT molecular complexity index is 815. The first-order valence-electron chi connectivity index (χ1n) is 7.60. The van der Waals surface area contributed by atoms with Crippen molar-refractivity contribution in [3.63, 3.8) is 0 Å². The van der Waals surface area contributed by atoms with Crippen LogP contribution in [0.3, 0.4) is 0 Å². The van der Waals surface area contributed by atoms with Crippen molar-refractivity contribution in [3.05, 3.63) is 72.4 Å². The Labute approximate surface area is 140 Å². The molecule has 0 radical (unpaired) electrons. The number of ether oxygens (including phenoxy) is 1. The number of rotatable bonds is 6. The number of benzene rings is 1. The highest BCUT2D eigenvalue weighted by Gasteiger charge is 2.04. The average Bonchev–Trinajstić information content (AvgIpc) is 3.13. The molecule has 2 aromatic heterocycles. The van der Waals surface area contributed by atoms with Crippen LogP contribution in [0, 0.1) is 6.92 Å². The van der Waals surface area contributed by atoms with Crippen molar-refractivity contribution in [2.45, 2.75) is 13.5 Å². The van der Waals surface area contributed by atoms with Crippen molar-refractivity contribution in [1.29, 1.82) is 0 Å². The van der Waals surface area contributed by atoms with E-state index >= 15 is 0 Å². The molecule has 6 nitrogen and oxygen atoms in total. The first-order valence-corrected chi connectivity index (χ1v) is 7.60. The predicted octanol–water partition coefficient (Wildman–Crippen LogP) is 2.27. The quantitative estimate of drug-likeness (QED) is 0.756. The maximum atomic E-state index is 11.9. The molecule has 0 fully saturated rings. The molecule has 6 heteroatoms. The number of pyridine rings is 1. The van der Waals surface area contributed by atoms with Gasteiger partial charge in [-0.15, -0.1) is 0 Å². The number of nitrogens with zero attached hydrogens (tertiary/aromatic N) is 3. The normalized spacial score (nSPS) is 10.4. The second-order valence-electron chi connectivity index (χ2n) is 5.37. The van der Waals surface area contributed by atoms with Gasteiger partial charge < -0.3 is 10.1 Å². The summed E-state index contributed by atoms with van der Waals surface area (Å²) in [6, 6.07) is 11.4. The number of aryl methyl sites for hydroxylation is 1. The van der Waals surface area contributed by atoms with Gasteiger partial charge in [-0.1, -0.05) is 12.1 Å². The van der Waals surface area contributed by atoms with Gasteiger partial charge in [-0.05, 0) is 42.3 Å². The Balaban J connectivity index is 1.52. The molecule has 1 N–H and O–H groups in total. The molecule has 1 aromatic carbocycles. The zero-order valence-corrected chi connectivity index (χ0v) is 13.3. The van der Waals surface area contributed by atoms with Gasteiger partial charge in [-0.3, -0.25) is 9.36 Å². The summed E-state index contributed by atoms with van der Waals surface area (Å²) < 4.78 is 7.29. The molecular formula is C18H18N4O2. The van der Waals surface area contributed by atoms with Crippen LogP contribution < -0.4 is 10.1 Å². The van der Waals surface area contributed by atoms with Crippen molar-refractivity contribution >= 4 is 5.91 Å². The second kappa shape index (κ2) is 7.41. The Kier molecular flexibility index (Phi) is 4.86. The van der Waals surface area contributed by atoms with E-state index in [0.29, 0.717) is 12.3 Å². The van der Waals surface area contributed by atoms with E-state index in [1.54, 1.807) is 18.7 Å². The van der Waals surface area contributed by atoms with Crippen molar-refractivity contribution in [1.82, 2.24) is 19.9 Å². The maximum Gasteiger partial charge on any atom is 0.258 e. The summed E-state index contributed by atoms with van der Waals surface area (Å²) in [6.45, 7) is 2.39. The van der Waals surface area contributed by atoms with Gasteiger partial charge in [0.15, 0.2) is 6.61 Å². The fourth-order valence-corrected chi connectivity index (χ4v) is 2.21. The van der Waals surface area contributed by atoms with E-state index < -0.39 is 0 Å². The number of carbonyl (C=O) groups is 1. The van der Waals surface area contributed by atoms with Gasteiger partial charge in [0.05, 0.1) is 0 Å². The number of carbonyl (C=O) groups excluding carboxylic acids is 1. The number of aromatic nitrogens is 3. The fourth-order valence-electron chi connectivity index (χ4n) is 2.21. The molecular weight excluding hydrogens is 304 g/mol. The van der Waals surface area contributed by atoms with Crippen molar-refractivity contribution in [2.24, 2.45) is 0 Å². The van der Waals surface area contributed by atoms with Crippen LogP contribution in [-0.4, -0.2) is 27.0 Å². The van der Waals surface area contributed by atoms with Crippen molar-refractivity contribution in [2.75, 3.05) is 6.61 Å². The van der Waals surface area contributed by atoms with E-state index in [1.165, 1.54) is 0 Å². The number of amides is 1. The van der Waals surface area contributed by atoms with E-state index in [0.717, 1.165) is 16.9 Å². The van der Waals surface area contributed by atoms with Crippen LogP contribution in [0.4, 0.5) is 0 Å². The lowest BCUT2D eigenvalue weighted by Gasteiger charge is -2.09. The van der Waals surface area contributed by atoms with Gasteiger partial charge in [-0.25, -0.2) is 9.97 Å². The van der Waals surface area contributed by atoms with Gasteiger partial charge >= 0.3 is 0 Å². The highest BCUT2D eigenvalue weighted by molar-refractivity contribution is 5.77. The summed E-state index contributed by atoms with van der Waals surface area (Å²) in [5.74, 6) is 1.28. The molecule has 0 atom stereocenters. The second-order valence-corrected chi connectivity index (χ2v) is 5.37. The summed E-state index contributed by atoms with van der Waals surface area (Å²) in [5, 5.41) is 2.84. The maximum absolute atomic E-state index is 11.9. The molecule has 0 aliphatic carbocycles. The topological polar surface area (TPSA) is 69.0 Å². The molecule has 2 heterocycles. The molecule has 0 saturated heterocycles. The number of nitrogens with one attached hydrogen (secondary N) is 1. The van der Waals surface area contributed by atoms with E-state index in [9.17, 15) is 4.79 Å². The smallest absolute Gasteiger partial charge is 0.258 e. The summed E-state index contributed by atoms with van der Waals surface area (Å²) in [4.78, 5) is 20.2. The van der Waals surface area contributed by atoms with Crippen LogP contribution in [0.25, 0.3) is 5.82 Å². The average molecular weight is 322 g/mol. The molecule has 0 aliphatic rings. The summed E-state index contributed by atoms with van der Waals surface area (Å²) >= 11 is 0. The van der Waals surface area contributed by atoms with Gasteiger partial charge in [0.2, 0.25) is 0 Å². The fraction of sp³-hybridized carbons (Fsp3) is 0.167. The third kappa shape index (κ3) is 4.19. The Morgan fingerprint density at radius 3 is 2.96 bits per heavy atom. The molecule has 24 heavy (non-hydrogen) atoms. The largest absolute Gasteiger partial charge is 0.484 e. The molecule has 0 unspecified atom stereocenters. The Morgan fingerprint density at radius 2 is 2.17 bits per heavy atom. The lowest BCUT2D eigenvalue weighted by atomic mass is 10.2. The summed E-state index contributed by atoms with van der Waals surface area (Å²) in [7, 11) is 0. The van der Waals surface area contributed by atoms with E-state index in [2.05, 4.69) is 15.3 Å². The van der Waals surface area contributed by atoms with Crippen LogP contribution in [0.15, 0.2) is 61.3 Å². The van der Waals surface area contributed by atoms with Crippen LogP contribution >= 0.6 is 0 Å². The highest BCUT2D eigenvalue weighted by atomic mass is 16.5. The van der Waals surface area contributed by atoms with Gasteiger partial charge in [-0.2, -0.15) is 0 Å². The minimum Gasteiger partial charge on any atom is -0.484 e. The minimum absolute atomic E-state index is 0.0110. The van der Waals surface area contributed by atoms with Crippen LogP contribution in [-0.2, 0) is 11.3 Å². The highest BCUT2D eigenvalue weighted by Crippen LogP contribution is 2.12. The predicted molar refractivity (Wildman–Crippen MR) is 89.9 cm³/mol. The molecule has 0 spiro atoms. The van der Waals surface area contributed by atoms with Gasteiger partial charge in [0, 0.05) is 25.1 Å². The van der Waals surface area contributed by atoms with E-state index in [-0.39, 0.29) is 12.5 Å². The Morgan fingerprint density at radius 1 is 1.25 bits per heavy atom. The molecule has 0 aliphatic heterocycles. The number of imidazole rings is 1. The first-order chi connectivity index (χ1) is 11.7. The lowest BCUT2D eigenvalue weighted by molar-refractivity contribution is -0.123. The standard InChI is InChI=1S/C18H18N4O2/c1-14-3-2-4-16(9-14)24-12-18(23)21-11-15-5-6-20-17(10-15)22-8-7-19-13-22/h2-10,13H,11-12H2,1H3,(H,21,23). The summed E-state index contributed by atoms with van der Waals surface area (Å²) in [6.07, 6.45) is 6.90. The molecule has 3 rings (SSSR count). The molecule has 0 bridgehead atoms. The van der Waals surface area contributed by atoms with Gasteiger partial charge in [0.25, 0.3) is 5.91 Å². The molecule has 3 aromatic rings. The third-order valence-corrected chi connectivity index (χ3v) is 3.43. The van der Waals surface area contributed by atoms with Crippen LogP contribution in [0.1, 0.15) is 11.1 Å². The van der Waals surface area contributed by atoms with E-state index in [1.807, 2.05) is 54.1 Å². The molecule has 0 saturated carbocycles. The van der Waals surface area contributed by atoms with Gasteiger partial charge in [0.1, 0.15) is 17.9 Å². The third-order valence-electron chi connectivity index (χ3n) is 3.43. The molecule has 1 amide bonds. The van der Waals surface area contributed by atoms with Crippen molar-refractivity contribution < 1.29 is 9.53 Å². The molecule has 122 valence electrons. The zero-order chi connectivity index (χ0) is 16.8. The number of hydrogen-bond donors (Lipinski definition) is 1. The van der Waals surface area contributed by atoms with Crippen LogP contribution in [0.2, 0.25) is 0 Å². The van der Waals surface area contributed by atoms with Crippen LogP contribution in [0.5, 0.6) is 5.75 Å². The summed E-state index contributed by atoms with van der Waals surface area (Å²) in [5.41, 5.74) is 2.05. The van der Waals surface area contributed by atoms with Crippen molar-refractivity contribution in [3.8, 4) is 11.6 Å². The SMILES string of the molecule is Cc1cccc(OCC(=O)NCc2ccnc(-n3ccnc3)c2)c1. The lowest BCUT2D eigenvalue weighted by Crippen LogP contribution is -2.28. The zero-order valence-electron chi connectivity index (χ0n) is 13.3. The monoisotopic (exact) mass is 322 g/mol. The first kappa shape index (κ1) is 15.7. The Hall–Kier alpha value is -3.15. The minimum atomic E-state index is -0.169. The number of hydrogen-bond acceptors (Lipinski definition) is 4.